The van der Waals surface area contributed by atoms with Crippen LogP contribution in [0.4, 0.5) is 4.39 Å². The van der Waals surface area contributed by atoms with E-state index in [1.165, 1.54) is 12.1 Å². The highest BCUT2D eigenvalue weighted by atomic mass is 79.9. The molecule has 2 atom stereocenters. The molecule has 2 aromatic rings. The zero-order valence-electron chi connectivity index (χ0n) is 10.3. The Bertz CT molecular complexity index is 544. The largest absolute Gasteiger partial charge is 0.388 e. The molecule has 0 radical (unpaired) electrons. The lowest BCUT2D eigenvalue weighted by Gasteiger charge is -2.23. The highest BCUT2D eigenvalue weighted by molar-refractivity contribution is 9.10. The lowest BCUT2D eigenvalue weighted by molar-refractivity contribution is 0.147. The second kappa shape index (κ2) is 6.28. The van der Waals surface area contributed by atoms with E-state index in [4.69, 9.17) is 5.73 Å². The van der Waals surface area contributed by atoms with Crippen molar-refractivity contribution in [3.63, 3.8) is 0 Å². The first kappa shape index (κ1) is 14.2. The Morgan fingerprint density at radius 3 is 2.32 bits per heavy atom. The van der Waals surface area contributed by atoms with Crippen LogP contribution in [0, 0.1) is 5.82 Å². The van der Waals surface area contributed by atoms with Crippen molar-refractivity contribution in [2.24, 2.45) is 5.73 Å². The summed E-state index contributed by atoms with van der Waals surface area (Å²) in [6, 6.07) is 13.5. The van der Waals surface area contributed by atoms with Gasteiger partial charge in [0.2, 0.25) is 0 Å². The van der Waals surface area contributed by atoms with E-state index in [2.05, 4.69) is 15.9 Å². The quantitative estimate of drug-likeness (QED) is 0.906. The molecule has 0 aliphatic heterocycles. The van der Waals surface area contributed by atoms with Gasteiger partial charge in [-0.1, -0.05) is 46.3 Å². The van der Waals surface area contributed by atoms with Gasteiger partial charge in [0, 0.05) is 16.9 Å². The van der Waals surface area contributed by atoms with Crippen LogP contribution in [0.2, 0.25) is 0 Å². The summed E-state index contributed by atoms with van der Waals surface area (Å²) in [7, 11) is 0. The third-order valence-corrected chi connectivity index (χ3v) is 3.87. The van der Waals surface area contributed by atoms with Crippen LogP contribution in [0.1, 0.15) is 23.1 Å². The summed E-state index contributed by atoms with van der Waals surface area (Å²) in [4.78, 5) is 0. The Labute approximate surface area is 120 Å². The van der Waals surface area contributed by atoms with Crippen molar-refractivity contribution >= 4 is 15.9 Å². The average molecular weight is 324 g/mol. The SMILES string of the molecule is NCC(c1ccccc1Br)C(O)c1ccc(F)cc1. The Kier molecular flexibility index (Phi) is 4.69. The summed E-state index contributed by atoms with van der Waals surface area (Å²) in [6.07, 6.45) is -0.760. The maximum absolute atomic E-state index is 12.9. The van der Waals surface area contributed by atoms with Crippen molar-refractivity contribution < 1.29 is 9.50 Å². The van der Waals surface area contributed by atoms with Crippen molar-refractivity contribution in [3.05, 3.63) is 69.9 Å². The maximum Gasteiger partial charge on any atom is 0.123 e. The molecule has 0 amide bonds. The number of hydrogen-bond acceptors (Lipinski definition) is 2. The van der Waals surface area contributed by atoms with Gasteiger partial charge in [0.15, 0.2) is 0 Å². The van der Waals surface area contributed by atoms with Crippen molar-refractivity contribution in [1.82, 2.24) is 0 Å². The van der Waals surface area contributed by atoms with Crippen molar-refractivity contribution in [2.45, 2.75) is 12.0 Å². The molecule has 0 saturated heterocycles. The second-order valence-corrected chi connectivity index (χ2v) is 5.21. The van der Waals surface area contributed by atoms with Crippen LogP contribution in [-0.4, -0.2) is 11.7 Å². The van der Waals surface area contributed by atoms with E-state index < -0.39 is 6.10 Å². The van der Waals surface area contributed by atoms with Gasteiger partial charge in [-0.05, 0) is 29.3 Å². The summed E-state index contributed by atoms with van der Waals surface area (Å²) in [6.45, 7) is 0.307. The molecule has 0 aromatic heterocycles. The van der Waals surface area contributed by atoms with Gasteiger partial charge in [-0.15, -0.1) is 0 Å². The molecule has 0 fully saturated rings. The van der Waals surface area contributed by atoms with Gasteiger partial charge in [0.1, 0.15) is 5.82 Å². The predicted molar refractivity (Wildman–Crippen MR) is 77.3 cm³/mol. The fourth-order valence-corrected chi connectivity index (χ4v) is 2.67. The summed E-state index contributed by atoms with van der Waals surface area (Å²) in [5.41, 5.74) is 7.39. The van der Waals surface area contributed by atoms with E-state index in [1.807, 2.05) is 24.3 Å². The molecule has 3 N–H and O–H groups in total. The summed E-state index contributed by atoms with van der Waals surface area (Å²) >= 11 is 3.46. The maximum atomic E-state index is 12.9. The topological polar surface area (TPSA) is 46.2 Å². The number of benzene rings is 2. The fourth-order valence-electron chi connectivity index (χ4n) is 2.09. The van der Waals surface area contributed by atoms with Gasteiger partial charge >= 0.3 is 0 Å². The zero-order valence-corrected chi connectivity index (χ0v) is 11.8. The number of aliphatic hydroxyl groups is 1. The van der Waals surface area contributed by atoms with Crippen LogP contribution in [0.15, 0.2) is 53.0 Å². The fraction of sp³-hybridized carbons (Fsp3) is 0.200. The molecule has 0 aliphatic carbocycles. The predicted octanol–water partition coefficient (Wildman–Crippen LogP) is 3.36. The molecule has 0 spiro atoms. The van der Waals surface area contributed by atoms with Crippen LogP contribution >= 0.6 is 15.9 Å². The summed E-state index contributed by atoms with van der Waals surface area (Å²) in [5, 5.41) is 10.4. The van der Waals surface area contributed by atoms with Crippen molar-refractivity contribution in [1.29, 1.82) is 0 Å². The van der Waals surface area contributed by atoms with E-state index in [0.29, 0.717) is 12.1 Å². The molecular formula is C15H15BrFNO. The molecule has 2 aromatic carbocycles. The normalized spacial score (nSPS) is 14.1. The molecule has 2 unspecified atom stereocenters. The number of nitrogens with two attached hydrogens (primary N) is 1. The molecule has 19 heavy (non-hydrogen) atoms. The first-order chi connectivity index (χ1) is 9.13. The number of hydrogen-bond donors (Lipinski definition) is 2. The Hall–Kier alpha value is -1.23. The molecule has 100 valence electrons. The second-order valence-electron chi connectivity index (χ2n) is 4.36. The van der Waals surface area contributed by atoms with Crippen molar-refractivity contribution in [3.8, 4) is 0 Å². The molecule has 0 heterocycles. The standard InChI is InChI=1S/C15H15BrFNO/c16-14-4-2-1-3-12(14)13(9-18)15(19)10-5-7-11(17)8-6-10/h1-8,13,15,19H,9,18H2. The smallest absolute Gasteiger partial charge is 0.123 e. The van der Waals surface area contributed by atoms with Crippen LogP contribution < -0.4 is 5.73 Å². The third-order valence-electron chi connectivity index (χ3n) is 3.15. The number of rotatable bonds is 4. The highest BCUT2D eigenvalue weighted by Crippen LogP contribution is 2.34. The van der Waals surface area contributed by atoms with Gasteiger partial charge < -0.3 is 10.8 Å². The van der Waals surface area contributed by atoms with Gasteiger partial charge in [-0.2, -0.15) is 0 Å². The molecule has 2 rings (SSSR count). The number of halogens is 2. The minimum absolute atomic E-state index is 0.235. The summed E-state index contributed by atoms with van der Waals surface area (Å²) in [5.74, 6) is -0.554. The monoisotopic (exact) mass is 323 g/mol. The van der Waals surface area contributed by atoms with E-state index in [0.717, 1.165) is 10.0 Å². The van der Waals surface area contributed by atoms with Gasteiger partial charge in [-0.25, -0.2) is 4.39 Å². The Morgan fingerprint density at radius 2 is 1.74 bits per heavy atom. The Morgan fingerprint density at radius 1 is 1.11 bits per heavy atom. The summed E-state index contributed by atoms with van der Waals surface area (Å²) < 4.78 is 13.8. The first-order valence-electron chi connectivity index (χ1n) is 6.01. The van der Waals surface area contributed by atoms with E-state index >= 15 is 0 Å². The molecule has 0 aliphatic rings. The minimum Gasteiger partial charge on any atom is -0.388 e. The zero-order chi connectivity index (χ0) is 13.8. The number of aliphatic hydroxyl groups excluding tert-OH is 1. The van der Waals surface area contributed by atoms with Crippen LogP contribution in [0.5, 0.6) is 0 Å². The van der Waals surface area contributed by atoms with E-state index in [-0.39, 0.29) is 11.7 Å². The Balaban J connectivity index is 2.32. The molecule has 0 saturated carbocycles. The van der Waals surface area contributed by atoms with E-state index in [9.17, 15) is 9.50 Å². The van der Waals surface area contributed by atoms with Gasteiger partial charge in [0.25, 0.3) is 0 Å². The van der Waals surface area contributed by atoms with E-state index in [1.54, 1.807) is 12.1 Å². The lowest BCUT2D eigenvalue weighted by Crippen LogP contribution is -2.20. The molecule has 0 bridgehead atoms. The first-order valence-corrected chi connectivity index (χ1v) is 6.81. The van der Waals surface area contributed by atoms with Gasteiger partial charge in [0.05, 0.1) is 6.10 Å². The average Bonchev–Trinajstić information content (AvgIpc) is 2.42. The van der Waals surface area contributed by atoms with Crippen LogP contribution in [-0.2, 0) is 0 Å². The van der Waals surface area contributed by atoms with Gasteiger partial charge in [-0.3, -0.25) is 0 Å². The minimum atomic E-state index is -0.760. The highest BCUT2D eigenvalue weighted by Gasteiger charge is 2.23. The lowest BCUT2D eigenvalue weighted by atomic mass is 9.89. The molecule has 2 nitrogen and oxygen atoms in total. The molecule has 4 heteroatoms. The molecular weight excluding hydrogens is 309 g/mol. The van der Waals surface area contributed by atoms with Crippen LogP contribution in [0.25, 0.3) is 0 Å². The third kappa shape index (κ3) is 3.21. The van der Waals surface area contributed by atoms with Crippen molar-refractivity contribution in [2.75, 3.05) is 6.54 Å². The van der Waals surface area contributed by atoms with Crippen LogP contribution in [0.3, 0.4) is 0 Å².